The molecule has 0 heterocycles. The number of rotatable bonds is 6. The molecule has 4 nitrogen and oxygen atoms in total. The van der Waals surface area contributed by atoms with Crippen LogP contribution in [0.5, 0.6) is 5.75 Å². The third kappa shape index (κ3) is 6.66. The molecule has 0 bridgehead atoms. The number of guanidine groups is 1. The van der Waals surface area contributed by atoms with Gasteiger partial charge in [-0.05, 0) is 44.6 Å². The number of hydrogen-bond donors (Lipinski definition) is 2. The van der Waals surface area contributed by atoms with Gasteiger partial charge in [0.25, 0.3) is 0 Å². The van der Waals surface area contributed by atoms with E-state index in [4.69, 9.17) is 4.74 Å². The molecular formula is C17H27FIN3OS. The molecule has 2 N–H and O–H groups in total. The number of para-hydroxylation sites is 1. The summed E-state index contributed by atoms with van der Waals surface area (Å²) in [5, 5.41) is 7.45. The zero-order valence-corrected chi connectivity index (χ0v) is 17.6. The highest BCUT2D eigenvalue weighted by Crippen LogP contribution is 2.28. The van der Waals surface area contributed by atoms with E-state index in [1.165, 1.54) is 25.3 Å². The van der Waals surface area contributed by atoms with Crippen LogP contribution in [0.3, 0.4) is 0 Å². The number of halogens is 2. The number of nitrogens with one attached hydrogen (secondary N) is 2. The lowest BCUT2D eigenvalue weighted by Gasteiger charge is -2.20. The predicted molar refractivity (Wildman–Crippen MR) is 111 cm³/mol. The smallest absolute Gasteiger partial charge is 0.191 e. The molecule has 0 aromatic heterocycles. The Morgan fingerprint density at radius 3 is 2.79 bits per heavy atom. The Labute approximate surface area is 165 Å². The van der Waals surface area contributed by atoms with Crippen LogP contribution >= 0.6 is 35.7 Å². The minimum Gasteiger partial charge on any atom is -0.486 e. The van der Waals surface area contributed by atoms with Crippen molar-refractivity contribution in [3.05, 3.63) is 30.1 Å². The van der Waals surface area contributed by atoms with Gasteiger partial charge in [0, 0.05) is 18.3 Å². The molecule has 1 aromatic rings. The third-order valence-corrected chi connectivity index (χ3v) is 5.10. The molecule has 3 atom stereocenters. The van der Waals surface area contributed by atoms with E-state index in [1.54, 1.807) is 25.2 Å². The molecule has 0 amide bonds. The summed E-state index contributed by atoms with van der Waals surface area (Å²) in [4.78, 5) is 4.26. The van der Waals surface area contributed by atoms with Crippen molar-refractivity contribution in [3.8, 4) is 5.75 Å². The Morgan fingerprint density at radius 1 is 1.42 bits per heavy atom. The summed E-state index contributed by atoms with van der Waals surface area (Å²) >= 11 is 1.94. The lowest BCUT2D eigenvalue weighted by atomic mass is 10.2. The van der Waals surface area contributed by atoms with Gasteiger partial charge in [0.05, 0.1) is 6.54 Å². The number of benzene rings is 1. The van der Waals surface area contributed by atoms with Crippen molar-refractivity contribution in [2.45, 2.75) is 43.6 Å². The Morgan fingerprint density at radius 2 is 2.17 bits per heavy atom. The maximum atomic E-state index is 13.6. The Balaban J connectivity index is 0.00000288. The highest BCUT2D eigenvalue weighted by atomic mass is 127. The average Bonchev–Trinajstić information content (AvgIpc) is 3.01. The van der Waals surface area contributed by atoms with Gasteiger partial charge in [-0.2, -0.15) is 11.8 Å². The largest absolute Gasteiger partial charge is 0.486 e. The Kier molecular flexibility index (Phi) is 9.80. The standard InChI is InChI=1S/C17H26FN3OS.HI/c1-12(22-16-7-5-4-6-15(16)18)11-20-17(19-2)21-13-8-9-14(10-13)23-3;/h4-7,12-14H,8-11H2,1-3H3,(H2,19,20,21);1H. The topological polar surface area (TPSA) is 45.7 Å². The summed E-state index contributed by atoms with van der Waals surface area (Å²) in [6, 6.07) is 6.93. The highest BCUT2D eigenvalue weighted by Gasteiger charge is 2.24. The van der Waals surface area contributed by atoms with Gasteiger partial charge in [-0.15, -0.1) is 24.0 Å². The van der Waals surface area contributed by atoms with Gasteiger partial charge >= 0.3 is 0 Å². The fourth-order valence-corrected chi connectivity index (χ4v) is 3.51. The van der Waals surface area contributed by atoms with Crippen molar-refractivity contribution in [1.29, 1.82) is 0 Å². The van der Waals surface area contributed by atoms with Crippen molar-refractivity contribution in [2.24, 2.45) is 4.99 Å². The fraction of sp³-hybridized carbons (Fsp3) is 0.588. The van der Waals surface area contributed by atoms with E-state index >= 15 is 0 Å². The molecule has 3 unspecified atom stereocenters. The molecule has 1 fully saturated rings. The number of aliphatic imine (C=N–C) groups is 1. The first-order valence-electron chi connectivity index (χ1n) is 8.03. The van der Waals surface area contributed by atoms with Crippen molar-refractivity contribution in [3.63, 3.8) is 0 Å². The Hall–Kier alpha value is -0.700. The zero-order valence-electron chi connectivity index (χ0n) is 14.4. The second kappa shape index (κ2) is 11.0. The second-order valence-corrected chi connectivity index (χ2v) is 6.96. The summed E-state index contributed by atoms with van der Waals surface area (Å²) in [6.07, 6.45) is 5.61. The Bertz CT molecular complexity index is 532. The van der Waals surface area contributed by atoms with Crippen LogP contribution in [-0.4, -0.2) is 43.2 Å². The quantitative estimate of drug-likeness (QED) is 0.381. The van der Waals surface area contributed by atoms with Crippen LogP contribution in [-0.2, 0) is 0 Å². The van der Waals surface area contributed by atoms with Crippen LogP contribution in [0.2, 0.25) is 0 Å². The zero-order chi connectivity index (χ0) is 16.7. The van der Waals surface area contributed by atoms with Crippen molar-refractivity contribution in [1.82, 2.24) is 10.6 Å². The number of thioether (sulfide) groups is 1. The van der Waals surface area contributed by atoms with E-state index in [2.05, 4.69) is 21.9 Å². The molecule has 1 saturated carbocycles. The molecule has 0 saturated heterocycles. The van der Waals surface area contributed by atoms with Crippen LogP contribution < -0.4 is 15.4 Å². The van der Waals surface area contributed by atoms with E-state index in [1.807, 2.05) is 18.7 Å². The summed E-state index contributed by atoms with van der Waals surface area (Å²) in [5.74, 6) is 0.722. The van der Waals surface area contributed by atoms with E-state index < -0.39 is 0 Å². The molecule has 1 aliphatic rings. The molecule has 0 aliphatic heterocycles. The van der Waals surface area contributed by atoms with Gasteiger partial charge in [0.15, 0.2) is 17.5 Å². The van der Waals surface area contributed by atoms with Gasteiger partial charge in [0.2, 0.25) is 0 Å². The molecule has 2 rings (SSSR count). The van der Waals surface area contributed by atoms with Crippen LogP contribution in [0, 0.1) is 5.82 Å². The molecule has 136 valence electrons. The van der Waals surface area contributed by atoms with Gasteiger partial charge < -0.3 is 15.4 Å². The number of nitrogens with zero attached hydrogens (tertiary/aromatic N) is 1. The third-order valence-electron chi connectivity index (χ3n) is 4.00. The number of ether oxygens (including phenoxy) is 1. The van der Waals surface area contributed by atoms with Gasteiger partial charge in [-0.25, -0.2) is 4.39 Å². The minimum absolute atomic E-state index is 0. The van der Waals surface area contributed by atoms with E-state index in [-0.39, 0.29) is 41.6 Å². The van der Waals surface area contributed by atoms with Crippen molar-refractivity contribution in [2.75, 3.05) is 19.8 Å². The van der Waals surface area contributed by atoms with E-state index in [9.17, 15) is 4.39 Å². The van der Waals surface area contributed by atoms with Crippen molar-refractivity contribution < 1.29 is 9.13 Å². The lowest BCUT2D eigenvalue weighted by Crippen LogP contribution is -2.45. The summed E-state index contributed by atoms with van der Waals surface area (Å²) in [7, 11) is 1.76. The lowest BCUT2D eigenvalue weighted by molar-refractivity contribution is 0.214. The molecule has 24 heavy (non-hydrogen) atoms. The predicted octanol–water partition coefficient (Wildman–Crippen LogP) is 3.66. The molecule has 1 aromatic carbocycles. The maximum Gasteiger partial charge on any atom is 0.191 e. The molecule has 0 radical (unpaired) electrons. The van der Waals surface area contributed by atoms with Crippen molar-refractivity contribution >= 4 is 41.7 Å². The first kappa shape index (κ1) is 21.3. The maximum absolute atomic E-state index is 13.6. The first-order valence-corrected chi connectivity index (χ1v) is 9.32. The molecule has 0 spiro atoms. The van der Waals surface area contributed by atoms with Crippen LogP contribution in [0.15, 0.2) is 29.3 Å². The minimum atomic E-state index is -0.337. The molecular weight excluding hydrogens is 440 g/mol. The monoisotopic (exact) mass is 467 g/mol. The van der Waals surface area contributed by atoms with Gasteiger partial charge in [-0.1, -0.05) is 12.1 Å². The summed E-state index contributed by atoms with van der Waals surface area (Å²) in [5.41, 5.74) is 0. The summed E-state index contributed by atoms with van der Waals surface area (Å²) in [6.45, 7) is 2.47. The van der Waals surface area contributed by atoms with Gasteiger partial charge in [-0.3, -0.25) is 4.99 Å². The fourth-order valence-electron chi connectivity index (χ4n) is 2.71. The normalized spacial score (nSPS) is 21.8. The molecule has 7 heteroatoms. The first-order chi connectivity index (χ1) is 11.1. The average molecular weight is 467 g/mol. The van der Waals surface area contributed by atoms with Gasteiger partial charge in [0.1, 0.15) is 6.10 Å². The highest BCUT2D eigenvalue weighted by molar-refractivity contribution is 14.0. The van der Waals surface area contributed by atoms with Crippen LogP contribution in [0.1, 0.15) is 26.2 Å². The second-order valence-electron chi connectivity index (χ2n) is 5.82. The molecule has 1 aliphatic carbocycles. The van der Waals surface area contributed by atoms with Crippen LogP contribution in [0.25, 0.3) is 0 Å². The number of hydrogen-bond acceptors (Lipinski definition) is 3. The van der Waals surface area contributed by atoms with E-state index in [0.29, 0.717) is 12.6 Å². The SMILES string of the molecule is CN=C(NCC(C)Oc1ccccc1F)NC1CCC(SC)C1.I. The van der Waals surface area contributed by atoms with Crippen LogP contribution in [0.4, 0.5) is 4.39 Å². The summed E-state index contributed by atoms with van der Waals surface area (Å²) < 4.78 is 19.2. The van der Waals surface area contributed by atoms with E-state index in [0.717, 1.165) is 11.2 Å².